The van der Waals surface area contributed by atoms with Crippen LogP contribution in [0.3, 0.4) is 0 Å². The van der Waals surface area contributed by atoms with E-state index in [4.69, 9.17) is 9.84 Å². The largest absolute Gasteiger partial charge is 0.481 e. The van der Waals surface area contributed by atoms with E-state index in [9.17, 15) is 9.59 Å². The Morgan fingerprint density at radius 1 is 1.21 bits per heavy atom. The molecule has 0 saturated heterocycles. The fourth-order valence-corrected chi connectivity index (χ4v) is 3.66. The van der Waals surface area contributed by atoms with Crippen molar-refractivity contribution in [2.45, 2.75) is 52.5 Å². The first-order chi connectivity index (χ1) is 11.3. The minimum atomic E-state index is -1.01. The lowest BCUT2D eigenvalue weighted by Gasteiger charge is -2.36. The Labute approximate surface area is 143 Å². The molecule has 1 saturated carbocycles. The summed E-state index contributed by atoms with van der Waals surface area (Å²) >= 11 is 0. The van der Waals surface area contributed by atoms with Gasteiger partial charge in [-0.15, -0.1) is 0 Å². The molecule has 5 nitrogen and oxygen atoms in total. The predicted molar refractivity (Wildman–Crippen MR) is 92.6 cm³/mol. The quantitative estimate of drug-likeness (QED) is 0.896. The molecule has 2 atom stereocenters. The van der Waals surface area contributed by atoms with Crippen LogP contribution in [0.2, 0.25) is 0 Å². The first-order valence-corrected chi connectivity index (χ1v) is 8.54. The molecule has 5 heteroatoms. The molecule has 1 N–H and O–H groups in total. The van der Waals surface area contributed by atoms with Crippen LogP contribution in [0.1, 0.15) is 54.1 Å². The lowest BCUT2D eigenvalue weighted by Crippen LogP contribution is -2.42. The normalized spacial score (nSPS) is 20.5. The third kappa shape index (κ3) is 4.08. The number of ether oxygens (including phenoxy) is 1. The number of nitrogens with zero attached hydrogens (tertiary/aromatic N) is 1. The number of hydrogen-bond acceptors (Lipinski definition) is 3. The van der Waals surface area contributed by atoms with Gasteiger partial charge in [-0.2, -0.15) is 0 Å². The van der Waals surface area contributed by atoms with Crippen molar-refractivity contribution in [1.29, 1.82) is 0 Å². The first-order valence-electron chi connectivity index (χ1n) is 8.54. The van der Waals surface area contributed by atoms with Gasteiger partial charge in [0.05, 0.1) is 0 Å². The van der Waals surface area contributed by atoms with Gasteiger partial charge in [0.2, 0.25) is 0 Å². The molecule has 2 rings (SSSR count). The van der Waals surface area contributed by atoms with Crippen LogP contribution in [-0.2, 0) is 4.79 Å². The van der Waals surface area contributed by atoms with E-state index >= 15 is 0 Å². The number of carbonyl (C=O) groups is 2. The number of carboxylic acids is 1. The van der Waals surface area contributed by atoms with Crippen LogP contribution in [0.5, 0.6) is 5.75 Å². The molecule has 0 spiro atoms. The van der Waals surface area contributed by atoms with Crippen LogP contribution in [0, 0.1) is 19.8 Å². The van der Waals surface area contributed by atoms with E-state index in [1.807, 2.05) is 25.8 Å². The van der Waals surface area contributed by atoms with Crippen molar-refractivity contribution in [3.8, 4) is 5.75 Å². The monoisotopic (exact) mass is 333 g/mol. The van der Waals surface area contributed by atoms with E-state index < -0.39 is 5.97 Å². The summed E-state index contributed by atoms with van der Waals surface area (Å²) in [6.45, 7) is 5.51. The smallest absolute Gasteiger partial charge is 0.341 e. The van der Waals surface area contributed by atoms with Gasteiger partial charge in [-0.05, 0) is 55.9 Å². The SMILES string of the molecule is Cc1cc(C(=O)N(C)C2CCCCC2C)cc(C)c1OCC(=O)O. The zero-order chi connectivity index (χ0) is 17.9. The second-order valence-electron chi connectivity index (χ2n) is 6.87. The van der Waals surface area contributed by atoms with Gasteiger partial charge in [0.1, 0.15) is 5.75 Å². The highest BCUT2D eigenvalue weighted by atomic mass is 16.5. The molecule has 0 radical (unpaired) electrons. The van der Waals surface area contributed by atoms with Gasteiger partial charge in [-0.1, -0.05) is 19.8 Å². The molecule has 1 aliphatic carbocycles. The Morgan fingerprint density at radius 3 is 2.33 bits per heavy atom. The molecule has 0 heterocycles. The summed E-state index contributed by atoms with van der Waals surface area (Å²) in [5.41, 5.74) is 2.20. The maximum atomic E-state index is 12.9. The van der Waals surface area contributed by atoms with Crippen molar-refractivity contribution in [2.75, 3.05) is 13.7 Å². The number of aryl methyl sites for hydroxylation is 2. The summed E-state index contributed by atoms with van der Waals surface area (Å²) in [7, 11) is 1.88. The molecule has 24 heavy (non-hydrogen) atoms. The number of carbonyl (C=O) groups excluding carboxylic acids is 1. The number of benzene rings is 1. The number of rotatable bonds is 5. The summed E-state index contributed by atoms with van der Waals surface area (Å²) in [5.74, 6) is 0.0698. The number of hydrogen-bond donors (Lipinski definition) is 1. The van der Waals surface area contributed by atoms with Crippen LogP contribution >= 0.6 is 0 Å². The van der Waals surface area contributed by atoms with E-state index in [-0.39, 0.29) is 18.6 Å². The minimum absolute atomic E-state index is 0.0183. The van der Waals surface area contributed by atoms with Gasteiger partial charge in [-0.3, -0.25) is 4.79 Å². The molecule has 0 aliphatic heterocycles. The summed E-state index contributed by atoms with van der Waals surface area (Å²) in [6.07, 6.45) is 4.64. The zero-order valence-corrected chi connectivity index (χ0v) is 15.0. The molecule has 2 unspecified atom stereocenters. The van der Waals surface area contributed by atoms with Gasteiger partial charge >= 0.3 is 5.97 Å². The van der Waals surface area contributed by atoms with Gasteiger partial charge in [0.15, 0.2) is 6.61 Å². The highest BCUT2D eigenvalue weighted by Gasteiger charge is 2.28. The standard InChI is InChI=1S/C19H27NO4/c1-12-7-5-6-8-16(12)20(4)19(23)15-9-13(2)18(14(3)10-15)24-11-17(21)22/h9-10,12,16H,5-8,11H2,1-4H3,(H,21,22). The molecule has 1 amide bonds. The van der Waals surface area contributed by atoms with Crippen molar-refractivity contribution in [2.24, 2.45) is 5.92 Å². The van der Waals surface area contributed by atoms with Gasteiger partial charge in [0.25, 0.3) is 5.91 Å². The van der Waals surface area contributed by atoms with E-state index in [0.717, 1.165) is 17.5 Å². The second kappa shape index (κ2) is 7.69. The van der Waals surface area contributed by atoms with E-state index in [2.05, 4.69) is 6.92 Å². The van der Waals surface area contributed by atoms with Crippen LogP contribution in [0.25, 0.3) is 0 Å². The molecule has 132 valence electrons. The van der Waals surface area contributed by atoms with E-state index in [0.29, 0.717) is 17.2 Å². The molecule has 0 bridgehead atoms. The molecule has 0 aromatic heterocycles. The fraction of sp³-hybridized carbons (Fsp3) is 0.579. The van der Waals surface area contributed by atoms with Gasteiger partial charge in [0, 0.05) is 18.7 Å². The van der Waals surface area contributed by atoms with Crippen molar-refractivity contribution in [3.05, 3.63) is 28.8 Å². The average Bonchev–Trinajstić information content (AvgIpc) is 2.52. The molecule has 1 aromatic rings. The maximum absolute atomic E-state index is 12.9. The van der Waals surface area contributed by atoms with Crippen molar-refractivity contribution < 1.29 is 19.4 Å². The summed E-state index contributed by atoms with van der Waals surface area (Å²) in [4.78, 5) is 25.4. The Bertz CT molecular complexity index is 603. The molecule has 1 aromatic carbocycles. The minimum Gasteiger partial charge on any atom is -0.481 e. The van der Waals surface area contributed by atoms with E-state index in [1.165, 1.54) is 19.3 Å². The highest BCUT2D eigenvalue weighted by Crippen LogP contribution is 2.30. The van der Waals surface area contributed by atoms with Gasteiger partial charge < -0.3 is 14.7 Å². The Kier molecular flexibility index (Phi) is 5.86. The number of amides is 1. The second-order valence-corrected chi connectivity index (χ2v) is 6.87. The third-order valence-corrected chi connectivity index (χ3v) is 4.93. The van der Waals surface area contributed by atoms with Crippen molar-refractivity contribution in [3.63, 3.8) is 0 Å². The summed E-state index contributed by atoms with van der Waals surface area (Å²) in [6, 6.07) is 3.86. The Hall–Kier alpha value is -2.04. The predicted octanol–water partition coefficient (Wildman–Crippen LogP) is 3.42. The maximum Gasteiger partial charge on any atom is 0.341 e. The van der Waals surface area contributed by atoms with Crippen LogP contribution in [-0.4, -0.2) is 41.6 Å². The average molecular weight is 333 g/mol. The summed E-state index contributed by atoms with van der Waals surface area (Å²) < 4.78 is 5.33. The molecule has 1 aliphatic rings. The van der Waals surface area contributed by atoms with Crippen molar-refractivity contribution >= 4 is 11.9 Å². The zero-order valence-electron chi connectivity index (χ0n) is 15.0. The first kappa shape index (κ1) is 18.3. The fourth-order valence-electron chi connectivity index (χ4n) is 3.66. The number of carboxylic acid groups (broad SMARTS) is 1. The molecule has 1 fully saturated rings. The molecular formula is C19H27NO4. The lowest BCUT2D eigenvalue weighted by molar-refractivity contribution is -0.139. The van der Waals surface area contributed by atoms with Crippen LogP contribution in [0.4, 0.5) is 0 Å². The number of aliphatic carboxylic acids is 1. The topological polar surface area (TPSA) is 66.8 Å². The Morgan fingerprint density at radius 2 is 1.79 bits per heavy atom. The highest BCUT2D eigenvalue weighted by molar-refractivity contribution is 5.95. The van der Waals surface area contributed by atoms with E-state index in [1.54, 1.807) is 12.1 Å². The lowest BCUT2D eigenvalue weighted by atomic mass is 9.85. The van der Waals surface area contributed by atoms with Gasteiger partial charge in [-0.25, -0.2) is 4.79 Å². The van der Waals surface area contributed by atoms with Crippen LogP contribution in [0.15, 0.2) is 12.1 Å². The van der Waals surface area contributed by atoms with Crippen molar-refractivity contribution in [1.82, 2.24) is 4.90 Å². The third-order valence-electron chi connectivity index (χ3n) is 4.93. The molecular weight excluding hydrogens is 306 g/mol. The van der Waals surface area contributed by atoms with Crippen LogP contribution < -0.4 is 4.74 Å². The Balaban J connectivity index is 2.18. The summed E-state index contributed by atoms with van der Waals surface area (Å²) in [5, 5.41) is 8.76.